The lowest BCUT2D eigenvalue weighted by molar-refractivity contribution is -0.117. The Morgan fingerprint density at radius 1 is 1.06 bits per heavy atom. The SMILES string of the molecule is CCOc1ccc(C(=O)NNC(=O)/C=C/c2ccccc2OCc2csc(C)n2)cc1OC. The number of aryl methyl sites for hydroxylation is 1. The summed E-state index contributed by atoms with van der Waals surface area (Å²) in [5.74, 6) is 0.610. The van der Waals surface area contributed by atoms with Gasteiger partial charge in [-0.3, -0.25) is 20.4 Å². The average molecular weight is 468 g/mol. The Morgan fingerprint density at radius 2 is 1.88 bits per heavy atom. The number of nitrogens with one attached hydrogen (secondary N) is 2. The van der Waals surface area contributed by atoms with Crippen LogP contribution in [0.3, 0.4) is 0 Å². The van der Waals surface area contributed by atoms with Crippen LogP contribution in [0.1, 0.15) is 33.5 Å². The minimum absolute atomic E-state index is 0.315. The van der Waals surface area contributed by atoms with Crippen molar-refractivity contribution in [1.29, 1.82) is 0 Å². The van der Waals surface area contributed by atoms with E-state index in [1.54, 1.807) is 35.6 Å². The van der Waals surface area contributed by atoms with Crippen LogP contribution in [0.4, 0.5) is 0 Å². The highest BCUT2D eigenvalue weighted by atomic mass is 32.1. The largest absolute Gasteiger partial charge is 0.493 e. The maximum absolute atomic E-state index is 12.4. The number of aromatic nitrogens is 1. The standard InChI is InChI=1S/C24H25N3O5S/c1-4-31-21-11-9-18(13-22(21)30-3)24(29)27-26-23(28)12-10-17-7-5-6-8-20(17)32-14-19-15-33-16(2)25-19/h5-13,15H,4,14H2,1-3H3,(H,26,28)(H,27,29)/b12-10+. The highest BCUT2D eigenvalue weighted by Crippen LogP contribution is 2.28. The van der Waals surface area contributed by atoms with Crippen molar-refractivity contribution >= 4 is 29.2 Å². The minimum Gasteiger partial charge on any atom is -0.493 e. The Morgan fingerprint density at radius 3 is 2.61 bits per heavy atom. The zero-order valence-electron chi connectivity index (χ0n) is 18.6. The van der Waals surface area contributed by atoms with E-state index >= 15 is 0 Å². The minimum atomic E-state index is -0.494. The monoisotopic (exact) mass is 467 g/mol. The van der Waals surface area contributed by atoms with Gasteiger partial charge in [-0.1, -0.05) is 18.2 Å². The van der Waals surface area contributed by atoms with Crippen LogP contribution in [0.5, 0.6) is 17.2 Å². The highest BCUT2D eigenvalue weighted by Gasteiger charge is 2.11. The lowest BCUT2D eigenvalue weighted by Gasteiger charge is -2.11. The van der Waals surface area contributed by atoms with E-state index in [2.05, 4.69) is 15.8 Å². The fraction of sp³-hybridized carbons (Fsp3) is 0.208. The molecule has 3 aromatic rings. The maximum atomic E-state index is 12.4. The van der Waals surface area contributed by atoms with Crippen LogP contribution in [0.25, 0.3) is 6.08 Å². The molecule has 0 atom stereocenters. The zero-order valence-corrected chi connectivity index (χ0v) is 19.4. The first-order valence-electron chi connectivity index (χ1n) is 10.2. The second-order valence-electron chi connectivity index (χ2n) is 6.76. The molecule has 0 saturated carbocycles. The van der Waals surface area contributed by atoms with E-state index in [4.69, 9.17) is 14.2 Å². The van der Waals surface area contributed by atoms with Gasteiger partial charge in [0.25, 0.3) is 11.8 Å². The number of amides is 2. The van der Waals surface area contributed by atoms with E-state index in [9.17, 15) is 9.59 Å². The second-order valence-corrected chi connectivity index (χ2v) is 7.82. The molecule has 0 spiro atoms. The fourth-order valence-corrected chi connectivity index (χ4v) is 3.45. The van der Waals surface area contributed by atoms with Crippen LogP contribution in [-0.2, 0) is 11.4 Å². The van der Waals surface area contributed by atoms with Crippen molar-refractivity contribution in [1.82, 2.24) is 15.8 Å². The zero-order chi connectivity index (χ0) is 23.6. The maximum Gasteiger partial charge on any atom is 0.269 e. The molecule has 1 aromatic heterocycles. The summed E-state index contributed by atoms with van der Waals surface area (Å²) in [5.41, 5.74) is 6.63. The molecule has 3 rings (SSSR count). The van der Waals surface area contributed by atoms with Gasteiger partial charge in [0, 0.05) is 22.6 Å². The van der Waals surface area contributed by atoms with Gasteiger partial charge in [0.2, 0.25) is 0 Å². The number of thiazole rings is 1. The summed E-state index contributed by atoms with van der Waals surface area (Å²) >= 11 is 1.56. The number of methoxy groups -OCH3 is 1. The summed E-state index contributed by atoms with van der Waals surface area (Å²) < 4.78 is 16.5. The molecular weight excluding hydrogens is 442 g/mol. The Bertz CT molecular complexity index is 1140. The third kappa shape index (κ3) is 6.81. The summed E-state index contributed by atoms with van der Waals surface area (Å²) in [6.07, 6.45) is 2.93. The quantitative estimate of drug-likeness (QED) is 0.366. The summed E-state index contributed by atoms with van der Waals surface area (Å²) in [4.78, 5) is 28.9. The van der Waals surface area contributed by atoms with Crippen molar-refractivity contribution < 1.29 is 23.8 Å². The van der Waals surface area contributed by atoms with Crippen LogP contribution >= 0.6 is 11.3 Å². The van der Waals surface area contributed by atoms with Crippen LogP contribution < -0.4 is 25.1 Å². The molecule has 172 valence electrons. The van der Waals surface area contributed by atoms with Gasteiger partial charge in [-0.2, -0.15) is 0 Å². The van der Waals surface area contributed by atoms with E-state index in [-0.39, 0.29) is 0 Å². The smallest absolute Gasteiger partial charge is 0.269 e. The van der Waals surface area contributed by atoms with E-state index in [1.165, 1.54) is 13.2 Å². The Kier molecular flexibility index (Phi) is 8.43. The van der Waals surface area contributed by atoms with Crippen molar-refractivity contribution in [3.63, 3.8) is 0 Å². The normalized spacial score (nSPS) is 10.6. The molecule has 2 aromatic carbocycles. The predicted molar refractivity (Wildman–Crippen MR) is 126 cm³/mol. The second kappa shape index (κ2) is 11.7. The number of ether oxygens (including phenoxy) is 3. The third-order valence-corrected chi connectivity index (χ3v) is 5.22. The number of carbonyl (C=O) groups excluding carboxylic acids is 2. The molecule has 2 N–H and O–H groups in total. The van der Waals surface area contributed by atoms with Crippen molar-refractivity contribution in [2.45, 2.75) is 20.5 Å². The molecule has 0 aliphatic rings. The summed E-state index contributed by atoms with van der Waals surface area (Å²) in [5, 5.41) is 2.92. The molecule has 0 saturated heterocycles. The van der Waals surface area contributed by atoms with Gasteiger partial charge in [-0.15, -0.1) is 11.3 Å². The van der Waals surface area contributed by atoms with Crippen molar-refractivity contribution in [2.75, 3.05) is 13.7 Å². The van der Waals surface area contributed by atoms with Gasteiger partial charge in [-0.05, 0) is 44.2 Å². The predicted octanol–water partition coefficient (Wildman–Crippen LogP) is 3.91. The van der Waals surface area contributed by atoms with Gasteiger partial charge < -0.3 is 14.2 Å². The number of carbonyl (C=O) groups is 2. The number of hydrazine groups is 1. The van der Waals surface area contributed by atoms with Crippen molar-refractivity contribution in [2.24, 2.45) is 0 Å². The molecule has 0 bridgehead atoms. The van der Waals surface area contributed by atoms with E-state index < -0.39 is 11.8 Å². The van der Waals surface area contributed by atoms with Gasteiger partial charge in [0.05, 0.1) is 24.4 Å². The molecular formula is C24H25N3O5S. The number of benzene rings is 2. The molecule has 0 aliphatic heterocycles. The van der Waals surface area contributed by atoms with Gasteiger partial charge in [0.1, 0.15) is 12.4 Å². The Labute approximate surface area is 196 Å². The van der Waals surface area contributed by atoms with Gasteiger partial charge in [0.15, 0.2) is 11.5 Å². The average Bonchev–Trinajstić information content (AvgIpc) is 3.25. The highest BCUT2D eigenvalue weighted by molar-refractivity contribution is 7.09. The number of rotatable bonds is 9. The van der Waals surface area contributed by atoms with Gasteiger partial charge >= 0.3 is 0 Å². The first-order valence-corrected chi connectivity index (χ1v) is 11.1. The van der Waals surface area contributed by atoms with E-state index in [0.29, 0.717) is 36.0 Å². The number of para-hydroxylation sites is 1. The Balaban J connectivity index is 1.56. The number of hydrogen-bond acceptors (Lipinski definition) is 7. The first-order chi connectivity index (χ1) is 16.0. The number of hydrogen-bond donors (Lipinski definition) is 2. The molecule has 8 nitrogen and oxygen atoms in total. The van der Waals surface area contributed by atoms with Crippen LogP contribution in [0.15, 0.2) is 53.9 Å². The molecule has 0 aliphatic carbocycles. The van der Waals surface area contributed by atoms with Crippen molar-refractivity contribution in [3.8, 4) is 17.2 Å². The summed E-state index contributed by atoms with van der Waals surface area (Å²) in [6.45, 7) is 4.61. The van der Waals surface area contributed by atoms with Crippen LogP contribution in [-0.4, -0.2) is 30.5 Å². The van der Waals surface area contributed by atoms with E-state index in [0.717, 1.165) is 16.3 Å². The molecule has 0 fully saturated rings. The van der Waals surface area contributed by atoms with Gasteiger partial charge in [-0.25, -0.2) is 4.98 Å². The lowest BCUT2D eigenvalue weighted by atomic mass is 10.2. The van der Waals surface area contributed by atoms with Crippen molar-refractivity contribution in [3.05, 3.63) is 75.7 Å². The molecule has 0 radical (unpaired) electrons. The molecule has 0 unspecified atom stereocenters. The molecule has 2 amide bonds. The number of nitrogens with zero attached hydrogens (tertiary/aromatic N) is 1. The molecule has 33 heavy (non-hydrogen) atoms. The molecule has 1 heterocycles. The van der Waals surface area contributed by atoms with Crippen LogP contribution in [0.2, 0.25) is 0 Å². The lowest BCUT2D eigenvalue weighted by Crippen LogP contribution is -2.40. The summed E-state index contributed by atoms with van der Waals surface area (Å²) in [6, 6.07) is 12.1. The van der Waals surface area contributed by atoms with Crippen LogP contribution in [0, 0.1) is 6.92 Å². The molecule has 9 heteroatoms. The Hall–Kier alpha value is -3.85. The third-order valence-electron chi connectivity index (χ3n) is 4.40. The summed E-state index contributed by atoms with van der Waals surface area (Å²) in [7, 11) is 1.49. The fourth-order valence-electron chi connectivity index (χ4n) is 2.86. The topological polar surface area (TPSA) is 98.8 Å². The van der Waals surface area contributed by atoms with E-state index in [1.807, 2.05) is 43.5 Å². The first kappa shape index (κ1) is 23.8.